The van der Waals surface area contributed by atoms with Gasteiger partial charge in [-0.3, -0.25) is 0 Å². The van der Waals surface area contributed by atoms with Crippen LogP contribution in [0.15, 0.2) is 10.7 Å². The zero-order valence-electron chi connectivity index (χ0n) is 10.9. The third-order valence-corrected chi connectivity index (χ3v) is 3.22. The van der Waals surface area contributed by atoms with E-state index in [4.69, 9.17) is 9.15 Å². The number of ether oxygens (including phenoxy) is 1. The maximum Gasteiger partial charge on any atom is 0.352 e. The van der Waals surface area contributed by atoms with E-state index in [2.05, 4.69) is 21.5 Å². The third-order valence-electron chi connectivity index (χ3n) is 2.52. The Labute approximate surface area is 115 Å². The molecule has 2 aromatic heterocycles. The summed E-state index contributed by atoms with van der Waals surface area (Å²) >= 11 is 1.01. The number of aryl methyl sites for hydroxylation is 1. The van der Waals surface area contributed by atoms with E-state index in [1.165, 1.54) is 6.26 Å². The molecule has 0 spiro atoms. The summed E-state index contributed by atoms with van der Waals surface area (Å²) in [4.78, 5) is 16.4. The Hall–Kier alpha value is -1.76. The number of oxazole rings is 1. The lowest BCUT2D eigenvalue weighted by atomic mass is 10.3. The number of hydrogen-bond donors (Lipinski definition) is 0. The van der Waals surface area contributed by atoms with Crippen LogP contribution in [0, 0.1) is 6.92 Å². The summed E-state index contributed by atoms with van der Waals surface area (Å²) in [6.45, 7) is 4.24. The zero-order valence-corrected chi connectivity index (χ0v) is 11.7. The van der Waals surface area contributed by atoms with Crippen molar-refractivity contribution >= 4 is 17.5 Å². The number of aromatic nitrogens is 3. The summed E-state index contributed by atoms with van der Waals surface area (Å²) in [6.07, 6.45) is 4.46. The molecule has 0 amide bonds. The Balaban J connectivity index is 2.05. The molecule has 7 heteroatoms. The van der Waals surface area contributed by atoms with Crippen LogP contribution in [-0.4, -0.2) is 27.1 Å². The van der Waals surface area contributed by atoms with Gasteiger partial charge in [0.15, 0.2) is 10.8 Å². The molecule has 102 valence electrons. The first-order valence-electron chi connectivity index (χ1n) is 6.14. The fraction of sp³-hybridized carbons (Fsp3) is 0.500. The molecular weight excluding hydrogens is 266 g/mol. The second-order valence-corrected chi connectivity index (χ2v) is 4.80. The van der Waals surface area contributed by atoms with Gasteiger partial charge in [-0.15, -0.1) is 5.10 Å². The van der Waals surface area contributed by atoms with Crippen molar-refractivity contribution in [2.24, 2.45) is 0 Å². The molecule has 2 rings (SSSR count). The normalized spacial score (nSPS) is 10.6. The van der Waals surface area contributed by atoms with E-state index in [9.17, 15) is 4.79 Å². The van der Waals surface area contributed by atoms with Gasteiger partial charge in [0.1, 0.15) is 17.7 Å². The van der Waals surface area contributed by atoms with Gasteiger partial charge in [0.2, 0.25) is 0 Å². The van der Waals surface area contributed by atoms with Gasteiger partial charge in [0.05, 0.1) is 6.61 Å². The Bertz CT molecular complexity index is 550. The van der Waals surface area contributed by atoms with E-state index in [1.54, 1.807) is 6.92 Å². The molecule has 0 aliphatic rings. The first kappa shape index (κ1) is 13.7. The molecule has 0 saturated heterocycles. The highest BCUT2D eigenvalue weighted by Gasteiger charge is 2.21. The fourth-order valence-corrected chi connectivity index (χ4v) is 2.12. The minimum absolute atomic E-state index is 0.366. The van der Waals surface area contributed by atoms with Crippen LogP contribution < -0.4 is 0 Å². The maximum absolute atomic E-state index is 11.9. The molecule has 0 N–H and O–H groups in total. The molecule has 0 atom stereocenters. The van der Waals surface area contributed by atoms with Crippen LogP contribution in [0.4, 0.5) is 0 Å². The van der Waals surface area contributed by atoms with Gasteiger partial charge in [-0.1, -0.05) is 24.3 Å². The van der Waals surface area contributed by atoms with Gasteiger partial charge >= 0.3 is 5.97 Å². The Kier molecular flexibility index (Phi) is 4.62. The quantitative estimate of drug-likeness (QED) is 0.598. The van der Waals surface area contributed by atoms with E-state index in [-0.39, 0.29) is 0 Å². The number of nitrogens with zero attached hydrogens (tertiary/aromatic N) is 3. The molecule has 0 aliphatic carbocycles. The first-order valence-corrected chi connectivity index (χ1v) is 6.91. The highest BCUT2D eigenvalue weighted by molar-refractivity contribution is 7.08. The second kappa shape index (κ2) is 6.42. The predicted molar refractivity (Wildman–Crippen MR) is 70.0 cm³/mol. The van der Waals surface area contributed by atoms with Crippen molar-refractivity contribution in [3.05, 3.63) is 17.0 Å². The Morgan fingerprint density at radius 2 is 2.32 bits per heavy atom. The van der Waals surface area contributed by atoms with E-state index >= 15 is 0 Å². The summed E-state index contributed by atoms with van der Waals surface area (Å²) in [5.74, 6) is 0.118. The lowest BCUT2D eigenvalue weighted by molar-refractivity contribution is 0.0504. The molecule has 0 radical (unpaired) electrons. The van der Waals surface area contributed by atoms with Gasteiger partial charge in [-0.05, 0) is 18.0 Å². The van der Waals surface area contributed by atoms with Crippen molar-refractivity contribution in [3.63, 3.8) is 0 Å². The lowest BCUT2D eigenvalue weighted by Crippen LogP contribution is -2.06. The summed E-state index contributed by atoms with van der Waals surface area (Å²) in [5.41, 5.74) is 0.925. The predicted octanol–water partition coefficient (Wildman–Crippen LogP) is 2.85. The third kappa shape index (κ3) is 3.37. The molecule has 0 unspecified atom stereocenters. The molecule has 2 aromatic rings. The van der Waals surface area contributed by atoms with E-state index in [0.29, 0.717) is 28.8 Å². The maximum atomic E-state index is 11.9. The van der Waals surface area contributed by atoms with E-state index in [1.807, 2.05) is 0 Å². The number of carbonyl (C=O) groups is 1. The molecule has 19 heavy (non-hydrogen) atoms. The van der Waals surface area contributed by atoms with Gasteiger partial charge in [0, 0.05) is 6.92 Å². The summed E-state index contributed by atoms with van der Waals surface area (Å²) in [5, 5.41) is 3.91. The standard InChI is InChI=1S/C12H15N3O3S/c1-3-4-5-6-17-12(16)11-10(14-15-19-11)9-7-18-8(2)13-9/h7H,3-6H2,1-2H3. The van der Waals surface area contributed by atoms with Crippen LogP contribution in [0.25, 0.3) is 11.4 Å². The summed E-state index contributed by atoms with van der Waals surface area (Å²) in [7, 11) is 0. The van der Waals surface area contributed by atoms with Crippen LogP contribution in [0.2, 0.25) is 0 Å². The summed E-state index contributed by atoms with van der Waals surface area (Å²) < 4.78 is 14.1. The monoisotopic (exact) mass is 281 g/mol. The number of carbonyl (C=O) groups excluding carboxylic acids is 1. The topological polar surface area (TPSA) is 78.1 Å². The van der Waals surface area contributed by atoms with E-state index < -0.39 is 5.97 Å². The average molecular weight is 281 g/mol. The van der Waals surface area contributed by atoms with E-state index in [0.717, 1.165) is 30.8 Å². The van der Waals surface area contributed by atoms with Crippen molar-refractivity contribution in [2.45, 2.75) is 33.1 Å². The number of hydrogen-bond acceptors (Lipinski definition) is 7. The number of unbranched alkanes of at least 4 members (excludes halogenated alkanes) is 2. The minimum Gasteiger partial charge on any atom is -0.461 e. The second-order valence-electron chi connectivity index (χ2n) is 4.05. The molecule has 6 nitrogen and oxygen atoms in total. The van der Waals surface area contributed by atoms with Crippen molar-refractivity contribution < 1.29 is 13.9 Å². The SMILES string of the molecule is CCCCCOC(=O)c1snnc1-c1coc(C)n1. The number of esters is 1. The molecule has 0 saturated carbocycles. The van der Waals surface area contributed by atoms with Crippen molar-refractivity contribution in [1.29, 1.82) is 0 Å². The van der Waals surface area contributed by atoms with Gasteiger partial charge in [-0.25, -0.2) is 9.78 Å². The molecule has 0 bridgehead atoms. The largest absolute Gasteiger partial charge is 0.461 e. The van der Waals surface area contributed by atoms with Crippen LogP contribution in [0.1, 0.15) is 41.7 Å². The van der Waals surface area contributed by atoms with Gasteiger partial charge in [0.25, 0.3) is 0 Å². The average Bonchev–Trinajstić information content (AvgIpc) is 3.02. The smallest absolute Gasteiger partial charge is 0.352 e. The first-order chi connectivity index (χ1) is 9.22. The van der Waals surface area contributed by atoms with Crippen molar-refractivity contribution in [2.75, 3.05) is 6.61 Å². The number of rotatable bonds is 6. The zero-order chi connectivity index (χ0) is 13.7. The molecule has 2 heterocycles. The van der Waals surface area contributed by atoms with Crippen LogP contribution in [0.5, 0.6) is 0 Å². The highest BCUT2D eigenvalue weighted by Crippen LogP contribution is 2.23. The molecular formula is C12H15N3O3S. The highest BCUT2D eigenvalue weighted by atomic mass is 32.1. The summed E-state index contributed by atoms with van der Waals surface area (Å²) in [6, 6.07) is 0. The van der Waals surface area contributed by atoms with Gasteiger partial charge < -0.3 is 9.15 Å². The molecule has 0 aliphatic heterocycles. The fourth-order valence-electron chi connectivity index (χ4n) is 1.55. The van der Waals surface area contributed by atoms with Crippen LogP contribution in [0.3, 0.4) is 0 Å². The van der Waals surface area contributed by atoms with Crippen LogP contribution in [-0.2, 0) is 4.74 Å². The lowest BCUT2D eigenvalue weighted by Gasteiger charge is -2.02. The Morgan fingerprint density at radius 1 is 1.47 bits per heavy atom. The van der Waals surface area contributed by atoms with Crippen LogP contribution >= 0.6 is 11.5 Å². The van der Waals surface area contributed by atoms with Gasteiger partial charge in [-0.2, -0.15) is 0 Å². The van der Waals surface area contributed by atoms with Crippen molar-refractivity contribution in [3.8, 4) is 11.4 Å². The molecule has 0 aromatic carbocycles. The van der Waals surface area contributed by atoms with Crippen molar-refractivity contribution in [1.82, 2.24) is 14.6 Å². The molecule has 0 fully saturated rings. The Morgan fingerprint density at radius 3 is 3.00 bits per heavy atom. The minimum atomic E-state index is -0.401.